The molecule has 2 aliphatic carbocycles. The Morgan fingerprint density at radius 1 is 1.17 bits per heavy atom. The van der Waals surface area contributed by atoms with E-state index in [1.54, 1.807) is 0 Å². The first-order valence-corrected chi connectivity index (χ1v) is 7.68. The predicted molar refractivity (Wildman–Crippen MR) is 74.0 cm³/mol. The average molecular weight is 252 g/mol. The highest BCUT2D eigenvalue weighted by atomic mass is 16.1. The van der Waals surface area contributed by atoms with E-state index in [2.05, 4.69) is 12.2 Å². The number of hydrogen-bond donors (Lipinski definition) is 2. The van der Waals surface area contributed by atoms with Crippen LogP contribution in [0.15, 0.2) is 0 Å². The SMILES string of the molecule is CC1CCC(CNC(=O)[C@@H]2CCC[C@@H]2CN)CC1. The second-order valence-corrected chi connectivity index (χ2v) is 6.40. The third-order valence-corrected chi connectivity index (χ3v) is 5.00. The molecule has 18 heavy (non-hydrogen) atoms. The van der Waals surface area contributed by atoms with Crippen LogP contribution in [0.2, 0.25) is 0 Å². The van der Waals surface area contributed by atoms with E-state index in [1.165, 1.54) is 32.1 Å². The Labute approximate surface area is 111 Å². The molecule has 2 aliphatic rings. The maximum absolute atomic E-state index is 12.2. The third-order valence-electron chi connectivity index (χ3n) is 5.00. The molecule has 3 heteroatoms. The fourth-order valence-corrected chi connectivity index (χ4v) is 3.57. The monoisotopic (exact) mass is 252 g/mol. The smallest absolute Gasteiger partial charge is 0.223 e. The minimum atomic E-state index is 0.192. The lowest BCUT2D eigenvalue weighted by Gasteiger charge is -2.27. The molecule has 104 valence electrons. The molecule has 0 heterocycles. The molecule has 0 aromatic rings. The molecule has 0 spiro atoms. The van der Waals surface area contributed by atoms with Crippen LogP contribution in [0.3, 0.4) is 0 Å². The standard InChI is InChI=1S/C15H28N2O/c1-11-5-7-12(8-6-11)10-17-15(18)14-4-2-3-13(14)9-16/h11-14H,2-10,16H2,1H3,(H,17,18)/t11?,12?,13-,14-/m1/s1. The number of amides is 1. The van der Waals surface area contributed by atoms with Gasteiger partial charge < -0.3 is 11.1 Å². The highest BCUT2D eigenvalue weighted by Crippen LogP contribution is 2.31. The highest BCUT2D eigenvalue weighted by Gasteiger charge is 2.32. The second kappa shape index (κ2) is 6.55. The molecule has 2 fully saturated rings. The van der Waals surface area contributed by atoms with Crippen molar-refractivity contribution in [3.8, 4) is 0 Å². The van der Waals surface area contributed by atoms with Gasteiger partial charge in [0.05, 0.1) is 0 Å². The van der Waals surface area contributed by atoms with Gasteiger partial charge in [0.2, 0.25) is 5.91 Å². The van der Waals surface area contributed by atoms with Gasteiger partial charge in [-0.15, -0.1) is 0 Å². The van der Waals surface area contributed by atoms with E-state index >= 15 is 0 Å². The van der Waals surface area contributed by atoms with E-state index in [-0.39, 0.29) is 11.8 Å². The van der Waals surface area contributed by atoms with E-state index in [1.807, 2.05) is 0 Å². The Morgan fingerprint density at radius 2 is 1.89 bits per heavy atom. The largest absolute Gasteiger partial charge is 0.356 e. The summed E-state index contributed by atoms with van der Waals surface area (Å²) in [4.78, 5) is 12.2. The fraction of sp³-hybridized carbons (Fsp3) is 0.933. The van der Waals surface area contributed by atoms with Gasteiger partial charge in [-0.2, -0.15) is 0 Å². The molecule has 2 saturated carbocycles. The Bertz CT molecular complexity index is 272. The Hall–Kier alpha value is -0.570. The molecule has 1 amide bonds. The zero-order chi connectivity index (χ0) is 13.0. The predicted octanol–water partition coefficient (Wildman–Crippen LogP) is 2.30. The Morgan fingerprint density at radius 3 is 2.56 bits per heavy atom. The summed E-state index contributed by atoms with van der Waals surface area (Å²) in [6.45, 7) is 3.89. The zero-order valence-electron chi connectivity index (χ0n) is 11.7. The van der Waals surface area contributed by atoms with Gasteiger partial charge in [0.25, 0.3) is 0 Å². The van der Waals surface area contributed by atoms with E-state index in [4.69, 9.17) is 5.73 Å². The van der Waals surface area contributed by atoms with Crippen molar-refractivity contribution in [1.29, 1.82) is 0 Å². The van der Waals surface area contributed by atoms with Crippen molar-refractivity contribution in [1.82, 2.24) is 5.32 Å². The number of carbonyl (C=O) groups excluding carboxylic acids is 1. The summed E-state index contributed by atoms with van der Waals surface area (Å²) in [5.41, 5.74) is 5.74. The summed E-state index contributed by atoms with van der Waals surface area (Å²) in [5.74, 6) is 2.48. The van der Waals surface area contributed by atoms with Gasteiger partial charge in [0, 0.05) is 12.5 Å². The summed E-state index contributed by atoms with van der Waals surface area (Å²) in [6, 6.07) is 0. The van der Waals surface area contributed by atoms with Gasteiger partial charge in [-0.3, -0.25) is 4.79 Å². The lowest BCUT2D eigenvalue weighted by Crippen LogP contribution is -2.38. The van der Waals surface area contributed by atoms with Crippen molar-refractivity contribution >= 4 is 5.91 Å². The maximum Gasteiger partial charge on any atom is 0.223 e. The normalized spacial score (nSPS) is 36.6. The van der Waals surface area contributed by atoms with Crippen LogP contribution in [-0.2, 0) is 4.79 Å². The molecule has 2 atom stereocenters. The summed E-state index contributed by atoms with van der Waals surface area (Å²) in [5, 5.41) is 3.18. The molecule has 3 N–H and O–H groups in total. The first-order chi connectivity index (χ1) is 8.70. The van der Waals surface area contributed by atoms with Gasteiger partial charge >= 0.3 is 0 Å². The van der Waals surface area contributed by atoms with E-state index < -0.39 is 0 Å². The van der Waals surface area contributed by atoms with Gasteiger partial charge in [0.15, 0.2) is 0 Å². The second-order valence-electron chi connectivity index (χ2n) is 6.40. The van der Waals surface area contributed by atoms with Crippen LogP contribution in [0.1, 0.15) is 51.9 Å². The average Bonchev–Trinajstić information content (AvgIpc) is 2.86. The van der Waals surface area contributed by atoms with Crippen molar-refractivity contribution in [2.24, 2.45) is 29.4 Å². The van der Waals surface area contributed by atoms with Gasteiger partial charge in [-0.25, -0.2) is 0 Å². The lowest BCUT2D eigenvalue weighted by atomic mass is 9.83. The Kier molecular flexibility index (Phi) is 5.04. The number of nitrogens with two attached hydrogens (primary N) is 1. The Balaban J connectivity index is 1.71. The van der Waals surface area contributed by atoms with Crippen LogP contribution in [0.4, 0.5) is 0 Å². The van der Waals surface area contributed by atoms with Crippen molar-refractivity contribution < 1.29 is 4.79 Å². The van der Waals surface area contributed by atoms with Crippen LogP contribution in [0.5, 0.6) is 0 Å². The third kappa shape index (κ3) is 3.47. The van der Waals surface area contributed by atoms with Crippen LogP contribution in [-0.4, -0.2) is 19.0 Å². The molecule has 0 bridgehead atoms. The first-order valence-electron chi connectivity index (χ1n) is 7.68. The van der Waals surface area contributed by atoms with Gasteiger partial charge in [-0.1, -0.05) is 26.2 Å². The van der Waals surface area contributed by atoms with Crippen LogP contribution in [0.25, 0.3) is 0 Å². The maximum atomic E-state index is 12.2. The van der Waals surface area contributed by atoms with E-state index in [9.17, 15) is 4.79 Å². The quantitative estimate of drug-likeness (QED) is 0.806. The highest BCUT2D eigenvalue weighted by molar-refractivity contribution is 5.79. The lowest BCUT2D eigenvalue weighted by molar-refractivity contribution is -0.126. The molecule has 3 nitrogen and oxygen atoms in total. The van der Waals surface area contributed by atoms with Crippen molar-refractivity contribution in [3.63, 3.8) is 0 Å². The summed E-state index contributed by atoms with van der Waals surface area (Å²) in [7, 11) is 0. The van der Waals surface area contributed by atoms with Crippen molar-refractivity contribution in [2.45, 2.75) is 51.9 Å². The minimum absolute atomic E-state index is 0.192. The van der Waals surface area contributed by atoms with E-state index in [0.29, 0.717) is 18.4 Å². The van der Waals surface area contributed by atoms with Crippen LogP contribution >= 0.6 is 0 Å². The molecule has 0 unspecified atom stereocenters. The van der Waals surface area contributed by atoms with Crippen molar-refractivity contribution in [3.05, 3.63) is 0 Å². The summed E-state index contributed by atoms with van der Waals surface area (Å²) in [6.07, 6.45) is 8.56. The summed E-state index contributed by atoms with van der Waals surface area (Å²) >= 11 is 0. The first kappa shape index (κ1) is 13.9. The number of hydrogen-bond acceptors (Lipinski definition) is 2. The number of carbonyl (C=O) groups is 1. The van der Waals surface area contributed by atoms with Crippen LogP contribution in [0, 0.1) is 23.7 Å². The molecule has 2 rings (SSSR count). The topological polar surface area (TPSA) is 55.1 Å². The molecule has 0 aromatic heterocycles. The van der Waals surface area contributed by atoms with Gasteiger partial charge in [0.1, 0.15) is 0 Å². The fourth-order valence-electron chi connectivity index (χ4n) is 3.57. The van der Waals surface area contributed by atoms with E-state index in [0.717, 1.165) is 25.3 Å². The van der Waals surface area contributed by atoms with Gasteiger partial charge in [-0.05, 0) is 50.0 Å². The van der Waals surface area contributed by atoms with Crippen molar-refractivity contribution in [2.75, 3.05) is 13.1 Å². The molecular formula is C15H28N2O. The minimum Gasteiger partial charge on any atom is -0.356 e. The summed E-state index contributed by atoms with van der Waals surface area (Å²) < 4.78 is 0. The zero-order valence-corrected chi connectivity index (χ0v) is 11.7. The molecular weight excluding hydrogens is 224 g/mol. The van der Waals surface area contributed by atoms with Crippen LogP contribution < -0.4 is 11.1 Å². The number of nitrogens with one attached hydrogen (secondary N) is 1. The number of rotatable bonds is 4. The molecule has 0 aromatic carbocycles. The molecule has 0 aliphatic heterocycles. The molecule has 0 saturated heterocycles. The molecule has 0 radical (unpaired) electrons.